The molecule has 0 spiro atoms. The second kappa shape index (κ2) is 12.9. The van der Waals surface area contributed by atoms with Crippen LogP contribution in [0, 0.1) is 10.1 Å². The summed E-state index contributed by atoms with van der Waals surface area (Å²) in [5, 5.41) is 25.8. The largest absolute Gasteiger partial charge is 0.325 e. The predicted octanol–water partition coefficient (Wildman–Crippen LogP) is 5.39. The van der Waals surface area contributed by atoms with E-state index in [9.17, 15) is 19.7 Å². The van der Waals surface area contributed by atoms with Crippen LogP contribution in [0.25, 0.3) is 10.2 Å². The summed E-state index contributed by atoms with van der Waals surface area (Å²) in [4.78, 5) is 40.2. The monoisotopic (exact) mass is 605 g/mol. The lowest BCUT2D eigenvalue weighted by Gasteiger charge is -2.06. The number of thiazole rings is 1. The highest BCUT2D eigenvalue weighted by Crippen LogP contribution is 2.32. The molecule has 0 bridgehead atoms. The molecule has 14 heteroatoms. The van der Waals surface area contributed by atoms with E-state index in [1.807, 2.05) is 54.1 Å². The molecule has 2 amide bonds. The number of hydrogen-bond acceptors (Lipinski definition) is 10. The van der Waals surface area contributed by atoms with Gasteiger partial charge in [0.25, 0.3) is 5.69 Å². The van der Waals surface area contributed by atoms with Crippen molar-refractivity contribution in [2.45, 2.75) is 15.9 Å². The summed E-state index contributed by atoms with van der Waals surface area (Å²) in [6, 6.07) is 21.4. The first kappa shape index (κ1) is 28.3. The number of thioether (sulfide) groups is 2. The van der Waals surface area contributed by atoms with E-state index in [0.29, 0.717) is 21.6 Å². The van der Waals surface area contributed by atoms with Crippen LogP contribution in [0.1, 0.15) is 11.4 Å². The molecule has 0 radical (unpaired) electrons. The minimum atomic E-state index is -0.538. The number of carbonyl (C=O) groups excluding carboxylic acids is 2. The van der Waals surface area contributed by atoms with Gasteiger partial charge in [0, 0.05) is 25.2 Å². The number of nitro benzene ring substituents is 1. The minimum Gasteiger partial charge on any atom is -0.325 e. The molecule has 0 saturated heterocycles. The third kappa shape index (κ3) is 7.28. The van der Waals surface area contributed by atoms with Crippen molar-refractivity contribution in [3.8, 4) is 0 Å². The lowest BCUT2D eigenvalue weighted by Crippen LogP contribution is -2.15. The van der Waals surface area contributed by atoms with Crippen LogP contribution in [0.5, 0.6) is 0 Å². The quantitative estimate of drug-likeness (QED) is 0.115. The van der Waals surface area contributed by atoms with Crippen LogP contribution < -0.4 is 10.6 Å². The van der Waals surface area contributed by atoms with E-state index in [0.717, 1.165) is 21.6 Å². The molecule has 0 unspecified atom stereocenters. The Hall–Kier alpha value is -4.27. The summed E-state index contributed by atoms with van der Waals surface area (Å²) in [7, 11) is 1.89. The lowest BCUT2D eigenvalue weighted by atomic mass is 10.1. The van der Waals surface area contributed by atoms with Gasteiger partial charge in [-0.25, -0.2) is 4.98 Å². The summed E-state index contributed by atoms with van der Waals surface area (Å²) in [5.74, 6) is 0.495. The molecule has 5 aromatic rings. The number of para-hydroxylation sites is 2. The third-order valence-electron chi connectivity index (χ3n) is 5.82. The van der Waals surface area contributed by atoms with Crippen LogP contribution in [0.2, 0.25) is 0 Å². The van der Waals surface area contributed by atoms with Gasteiger partial charge in [-0.3, -0.25) is 19.7 Å². The van der Waals surface area contributed by atoms with E-state index >= 15 is 0 Å². The van der Waals surface area contributed by atoms with Gasteiger partial charge in [0.1, 0.15) is 11.5 Å². The van der Waals surface area contributed by atoms with Crippen LogP contribution in [-0.2, 0) is 23.1 Å². The zero-order valence-electron chi connectivity index (χ0n) is 21.6. The topological polar surface area (TPSA) is 145 Å². The second-order valence-electron chi connectivity index (χ2n) is 8.73. The maximum Gasteiger partial charge on any atom is 0.292 e. The number of nitrogens with one attached hydrogen (secondary N) is 2. The molecule has 2 heterocycles. The zero-order valence-corrected chi connectivity index (χ0v) is 24.1. The molecule has 0 aliphatic heterocycles. The Morgan fingerprint density at radius 3 is 2.49 bits per heavy atom. The molecule has 0 atom stereocenters. The van der Waals surface area contributed by atoms with Crippen molar-refractivity contribution in [1.29, 1.82) is 0 Å². The van der Waals surface area contributed by atoms with E-state index in [-0.39, 0.29) is 34.7 Å². The number of fused-ring (bicyclic) bond motifs is 1. The Labute approximate surface area is 246 Å². The molecule has 208 valence electrons. The van der Waals surface area contributed by atoms with Gasteiger partial charge in [-0.1, -0.05) is 66.0 Å². The number of rotatable bonds is 11. The van der Waals surface area contributed by atoms with Gasteiger partial charge in [-0.2, -0.15) is 0 Å². The van der Waals surface area contributed by atoms with Gasteiger partial charge < -0.3 is 15.2 Å². The number of anilines is 2. The first-order chi connectivity index (χ1) is 19.9. The highest BCUT2D eigenvalue weighted by Gasteiger charge is 2.16. The van der Waals surface area contributed by atoms with Crippen molar-refractivity contribution in [3.05, 3.63) is 94.3 Å². The third-order valence-corrected chi connectivity index (χ3v) is 9.00. The first-order valence-electron chi connectivity index (χ1n) is 12.3. The fourth-order valence-electron chi connectivity index (χ4n) is 3.83. The van der Waals surface area contributed by atoms with Crippen LogP contribution in [0.15, 0.2) is 82.3 Å². The number of nitro groups is 1. The molecule has 0 aliphatic carbocycles. The molecule has 5 rings (SSSR count). The standard InChI is InChI=1S/C27H23N7O4S3/c1-33-23(13-17-7-3-2-4-8-17)31-32-26(33)39-15-24(35)28-18-11-12-20-22(14-18)41-27(30-20)40-16-25(36)29-19-9-5-6-10-21(19)34(37)38/h2-12,14H,13,15-16H2,1H3,(H,28,35)(H,29,36). The molecule has 0 saturated carbocycles. The summed E-state index contributed by atoms with van der Waals surface area (Å²) in [6.07, 6.45) is 0.659. The maximum atomic E-state index is 12.6. The van der Waals surface area contributed by atoms with Gasteiger partial charge in [-0.05, 0) is 29.8 Å². The average Bonchev–Trinajstić information content (AvgIpc) is 3.53. The van der Waals surface area contributed by atoms with Gasteiger partial charge in [0.05, 0.1) is 26.6 Å². The van der Waals surface area contributed by atoms with E-state index in [1.165, 1.54) is 47.0 Å². The van der Waals surface area contributed by atoms with Crippen molar-refractivity contribution < 1.29 is 14.5 Å². The van der Waals surface area contributed by atoms with Gasteiger partial charge >= 0.3 is 0 Å². The fraction of sp³-hybridized carbons (Fsp3) is 0.148. The Morgan fingerprint density at radius 2 is 1.68 bits per heavy atom. The summed E-state index contributed by atoms with van der Waals surface area (Å²) in [6.45, 7) is 0. The normalized spacial score (nSPS) is 11.0. The van der Waals surface area contributed by atoms with Crippen molar-refractivity contribution >= 4 is 74.0 Å². The molecule has 0 fully saturated rings. The van der Waals surface area contributed by atoms with Gasteiger partial charge in [0.15, 0.2) is 9.50 Å². The van der Waals surface area contributed by atoms with E-state index in [1.54, 1.807) is 18.2 Å². The number of nitrogens with zero attached hydrogens (tertiary/aromatic N) is 5. The van der Waals surface area contributed by atoms with Crippen LogP contribution in [0.4, 0.5) is 17.1 Å². The minimum absolute atomic E-state index is 0.0434. The predicted molar refractivity (Wildman–Crippen MR) is 162 cm³/mol. The number of hydrogen-bond donors (Lipinski definition) is 2. The first-order valence-corrected chi connectivity index (χ1v) is 15.1. The van der Waals surface area contributed by atoms with Crippen molar-refractivity contribution in [1.82, 2.24) is 19.7 Å². The summed E-state index contributed by atoms with van der Waals surface area (Å²) in [5.41, 5.74) is 2.51. The highest BCUT2D eigenvalue weighted by atomic mass is 32.2. The molecule has 11 nitrogen and oxygen atoms in total. The Bertz CT molecular complexity index is 1720. The SMILES string of the molecule is Cn1c(Cc2ccccc2)nnc1SCC(=O)Nc1ccc2nc(SCC(=O)Nc3ccccc3[N+](=O)[O-])sc2c1. The fourth-order valence-corrected chi connectivity index (χ4v) is 6.46. The maximum absolute atomic E-state index is 12.6. The molecule has 41 heavy (non-hydrogen) atoms. The Balaban J connectivity index is 1.13. The van der Waals surface area contributed by atoms with E-state index in [4.69, 9.17) is 0 Å². The van der Waals surface area contributed by atoms with Crippen molar-refractivity contribution in [3.63, 3.8) is 0 Å². The van der Waals surface area contributed by atoms with Crippen LogP contribution in [0.3, 0.4) is 0 Å². The molecule has 3 aromatic carbocycles. The summed E-state index contributed by atoms with van der Waals surface area (Å²) >= 11 is 3.95. The molecule has 2 aromatic heterocycles. The molecular weight excluding hydrogens is 583 g/mol. The van der Waals surface area contributed by atoms with Gasteiger partial charge in [0.2, 0.25) is 11.8 Å². The molecular formula is C27H23N7O4S3. The van der Waals surface area contributed by atoms with Crippen LogP contribution in [-0.4, -0.2) is 48.0 Å². The van der Waals surface area contributed by atoms with E-state index < -0.39 is 4.92 Å². The average molecular weight is 606 g/mol. The smallest absolute Gasteiger partial charge is 0.292 e. The highest BCUT2D eigenvalue weighted by molar-refractivity contribution is 8.01. The van der Waals surface area contributed by atoms with E-state index in [2.05, 4.69) is 25.8 Å². The second-order valence-corrected chi connectivity index (χ2v) is 11.9. The van der Waals surface area contributed by atoms with Crippen LogP contribution >= 0.6 is 34.9 Å². The van der Waals surface area contributed by atoms with Crippen molar-refractivity contribution in [2.24, 2.45) is 7.05 Å². The molecule has 0 aliphatic rings. The lowest BCUT2D eigenvalue weighted by molar-refractivity contribution is -0.383. The number of carbonyl (C=O) groups is 2. The Kier molecular flexibility index (Phi) is 8.91. The number of benzene rings is 3. The zero-order chi connectivity index (χ0) is 28.8. The summed E-state index contributed by atoms with van der Waals surface area (Å²) < 4.78 is 3.43. The Morgan fingerprint density at radius 1 is 0.951 bits per heavy atom. The number of aromatic nitrogens is 4. The van der Waals surface area contributed by atoms with Crippen molar-refractivity contribution in [2.75, 3.05) is 22.1 Å². The van der Waals surface area contributed by atoms with Gasteiger partial charge in [-0.15, -0.1) is 21.5 Å². The molecule has 2 N–H and O–H groups in total. The number of amides is 2.